The minimum atomic E-state index is -0.147. The number of thioether (sulfide) groups is 1. The van der Waals surface area contributed by atoms with E-state index in [-0.39, 0.29) is 17.2 Å². The van der Waals surface area contributed by atoms with Crippen LogP contribution in [0.2, 0.25) is 5.02 Å². The first-order valence-electron chi connectivity index (χ1n) is 7.84. The van der Waals surface area contributed by atoms with Crippen molar-refractivity contribution >= 4 is 35.0 Å². The molecular weight excluding hydrogens is 346 g/mol. The van der Waals surface area contributed by atoms with Crippen molar-refractivity contribution < 1.29 is 4.79 Å². The van der Waals surface area contributed by atoms with Crippen molar-refractivity contribution in [3.63, 3.8) is 0 Å². The Hall–Kier alpha value is -1.79. The van der Waals surface area contributed by atoms with Crippen molar-refractivity contribution in [2.75, 3.05) is 11.1 Å². The number of amides is 1. The van der Waals surface area contributed by atoms with Crippen molar-refractivity contribution in [2.45, 2.75) is 37.8 Å². The van der Waals surface area contributed by atoms with Gasteiger partial charge in [0.1, 0.15) is 0 Å². The van der Waals surface area contributed by atoms with E-state index in [4.69, 9.17) is 11.6 Å². The van der Waals surface area contributed by atoms with Gasteiger partial charge < -0.3 is 10.3 Å². The summed E-state index contributed by atoms with van der Waals surface area (Å²) in [5, 5.41) is 3.98. The molecule has 7 heteroatoms. The van der Waals surface area contributed by atoms with Crippen LogP contribution in [0.5, 0.6) is 0 Å². The third-order valence-electron chi connectivity index (χ3n) is 3.97. The molecule has 1 amide bonds. The summed E-state index contributed by atoms with van der Waals surface area (Å²) in [6.07, 6.45) is 3.72. The fourth-order valence-corrected chi connectivity index (χ4v) is 3.64. The third-order valence-corrected chi connectivity index (χ3v) is 5.08. The number of rotatable bonds is 4. The number of hydrogen-bond donors (Lipinski definition) is 2. The number of aryl methyl sites for hydroxylation is 2. The molecule has 0 fully saturated rings. The summed E-state index contributed by atoms with van der Waals surface area (Å²) in [5.74, 6) is 0.0369. The highest BCUT2D eigenvalue weighted by atomic mass is 35.5. The molecule has 1 aromatic carbocycles. The van der Waals surface area contributed by atoms with Crippen LogP contribution < -0.4 is 10.9 Å². The average Bonchev–Trinajstić information content (AvgIpc) is 2.56. The molecule has 0 aliphatic heterocycles. The molecule has 1 aromatic heterocycles. The van der Waals surface area contributed by atoms with Gasteiger partial charge in [0.05, 0.1) is 11.4 Å². The number of nitrogens with zero attached hydrogens (tertiary/aromatic N) is 1. The molecule has 0 saturated heterocycles. The molecule has 0 bridgehead atoms. The van der Waals surface area contributed by atoms with Crippen molar-refractivity contribution in [1.29, 1.82) is 0 Å². The summed E-state index contributed by atoms with van der Waals surface area (Å²) in [7, 11) is 0. The van der Waals surface area contributed by atoms with Gasteiger partial charge in [-0.1, -0.05) is 23.4 Å². The Balaban J connectivity index is 1.64. The number of carbonyl (C=O) groups excluding carboxylic acids is 1. The number of nitrogens with one attached hydrogen (secondary N) is 2. The van der Waals surface area contributed by atoms with Crippen LogP contribution >= 0.6 is 23.4 Å². The van der Waals surface area contributed by atoms with E-state index in [0.29, 0.717) is 10.2 Å². The quantitative estimate of drug-likeness (QED) is 0.645. The second kappa shape index (κ2) is 7.40. The van der Waals surface area contributed by atoms with Gasteiger partial charge in [-0.05, 0) is 56.4 Å². The Kier molecular flexibility index (Phi) is 5.26. The van der Waals surface area contributed by atoms with Crippen LogP contribution in [-0.2, 0) is 17.6 Å². The number of aromatic amines is 1. The van der Waals surface area contributed by atoms with Gasteiger partial charge in [0.15, 0.2) is 5.16 Å². The van der Waals surface area contributed by atoms with Crippen LogP contribution in [0.1, 0.15) is 29.7 Å². The SMILES string of the molecule is Cc1cc(Cl)ccc1NC(=O)CSc1nc2c(c(=O)[nH]1)CCCC2. The number of H-pyrrole nitrogens is 1. The summed E-state index contributed by atoms with van der Waals surface area (Å²) in [5.41, 5.74) is 3.24. The maximum absolute atomic E-state index is 12.1. The number of halogens is 1. The van der Waals surface area contributed by atoms with Crippen molar-refractivity contribution in [3.05, 3.63) is 50.4 Å². The van der Waals surface area contributed by atoms with E-state index in [1.807, 2.05) is 6.92 Å². The predicted octanol–water partition coefficient (Wildman–Crippen LogP) is 3.34. The lowest BCUT2D eigenvalue weighted by atomic mass is 9.97. The van der Waals surface area contributed by atoms with Crippen LogP contribution in [0.4, 0.5) is 5.69 Å². The smallest absolute Gasteiger partial charge is 0.254 e. The van der Waals surface area contributed by atoms with E-state index < -0.39 is 0 Å². The van der Waals surface area contributed by atoms with Gasteiger partial charge in [-0.3, -0.25) is 9.59 Å². The summed E-state index contributed by atoms with van der Waals surface area (Å²) >= 11 is 7.15. The van der Waals surface area contributed by atoms with Gasteiger partial charge in [0.25, 0.3) is 5.56 Å². The molecule has 5 nitrogen and oxygen atoms in total. The largest absolute Gasteiger partial charge is 0.325 e. The van der Waals surface area contributed by atoms with E-state index in [0.717, 1.165) is 48.2 Å². The molecule has 0 unspecified atom stereocenters. The normalized spacial score (nSPS) is 13.4. The third kappa shape index (κ3) is 3.99. The second-order valence-corrected chi connectivity index (χ2v) is 7.20. The van der Waals surface area contributed by atoms with Crippen LogP contribution in [-0.4, -0.2) is 21.6 Å². The minimum Gasteiger partial charge on any atom is -0.325 e. The number of aromatic nitrogens is 2. The molecule has 1 aliphatic carbocycles. The van der Waals surface area contributed by atoms with Crippen LogP contribution in [0.3, 0.4) is 0 Å². The lowest BCUT2D eigenvalue weighted by Gasteiger charge is -2.14. The number of benzene rings is 1. The van der Waals surface area contributed by atoms with Gasteiger partial charge in [-0.25, -0.2) is 4.98 Å². The van der Waals surface area contributed by atoms with Gasteiger partial charge in [-0.15, -0.1) is 0 Å². The zero-order valence-corrected chi connectivity index (χ0v) is 14.9. The number of hydrogen-bond acceptors (Lipinski definition) is 4. The predicted molar refractivity (Wildman–Crippen MR) is 97.0 cm³/mol. The van der Waals surface area contributed by atoms with E-state index in [2.05, 4.69) is 15.3 Å². The maximum Gasteiger partial charge on any atom is 0.254 e. The highest BCUT2D eigenvalue weighted by molar-refractivity contribution is 7.99. The summed E-state index contributed by atoms with van der Waals surface area (Å²) in [6.45, 7) is 1.89. The van der Waals surface area contributed by atoms with E-state index in [1.54, 1.807) is 18.2 Å². The van der Waals surface area contributed by atoms with Gasteiger partial charge in [0, 0.05) is 16.3 Å². The molecule has 0 atom stereocenters. The number of anilines is 1. The van der Waals surface area contributed by atoms with Gasteiger partial charge in [0.2, 0.25) is 5.91 Å². The molecule has 1 heterocycles. The van der Waals surface area contributed by atoms with Gasteiger partial charge >= 0.3 is 0 Å². The lowest BCUT2D eigenvalue weighted by Crippen LogP contribution is -2.22. The van der Waals surface area contributed by atoms with Crippen molar-refractivity contribution in [2.24, 2.45) is 0 Å². The second-order valence-electron chi connectivity index (χ2n) is 5.80. The van der Waals surface area contributed by atoms with Crippen LogP contribution in [0.15, 0.2) is 28.2 Å². The Morgan fingerprint density at radius 3 is 2.96 bits per heavy atom. The number of fused-ring (bicyclic) bond motifs is 1. The number of carbonyl (C=O) groups is 1. The minimum absolute atomic E-state index is 0.0730. The van der Waals surface area contributed by atoms with Crippen LogP contribution in [0, 0.1) is 6.92 Å². The molecule has 0 radical (unpaired) electrons. The molecule has 3 rings (SSSR count). The van der Waals surface area contributed by atoms with Crippen LogP contribution in [0.25, 0.3) is 0 Å². The van der Waals surface area contributed by atoms with Crippen molar-refractivity contribution in [3.8, 4) is 0 Å². The molecule has 0 saturated carbocycles. The zero-order valence-electron chi connectivity index (χ0n) is 13.3. The highest BCUT2D eigenvalue weighted by Gasteiger charge is 2.16. The topological polar surface area (TPSA) is 74.8 Å². The average molecular weight is 364 g/mol. The van der Waals surface area contributed by atoms with Gasteiger partial charge in [-0.2, -0.15) is 0 Å². The molecule has 2 N–H and O–H groups in total. The first-order valence-corrected chi connectivity index (χ1v) is 9.20. The molecule has 2 aromatic rings. The first-order chi connectivity index (χ1) is 11.5. The fourth-order valence-electron chi connectivity index (χ4n) is 2.74. The Bertz CT molecular complexity index is 835. The lowest BCUT2D eigenvalue weighted by molar-refractivity contribution is -0.113. The summed E-state index contributed by atoms with van der Waals surface area (Å²) in [6, 6.07) is 5.31. The fraction of sp³-hybridized carbons (Fsp3) is 0.353. The monoisotopic (exact) mass is 363 g/mol. The molecule has 126 valence electrons. The Labute approximate surface area is 149 Å². The molecule has 24 heavy (non-hydrogen) atoms. The Morgan fingerprint density at radius 2 is 2.17 bits per heavy atom. The van der Waals surface area contributed by atoms with E-state index in [1.165, 1.54) is 11.8 Å². The highest BCUT2D eigenvalue weighted by Crippen LogP contribution is 2.21. The first kappa shape index (κ1) is 17.0. The van der Waals surface area contributed by atoms with Crippen molar-refractivity contribution in [1.82, 2.24) is 9.97 Å². The Morgan fingerprint density at radius 1 is 1.38 bits per heavy atom. The molecular formula is C17H18ClN3O2S. The maximum atomic E-state index is 12.1. The molecule has 1 aliphatic rings. The standard InChI is InChI=1S/C17H18ClN3O2S/c1-10-8-11(18)6-7-13(10)19-15(22)9-24-17-20-14-5-3-2-4-12(14)16(23)21-17/h6-8H,2-5,9H2,1H3,(H,19,22)(H,20,21,23). The summed E-state index contributed by atoms with van der Waals surface area (Å²) in [4.78, 5) is 31.5. The van der Waals surface area contributed by atoms with E-state index >= 15 is 0 Å². The molecule has 0 spiro atoms. The zero-order chi connectivity index (χ0) is 17.1. The van der Waals surface area contributed by atoms with E-state index in [9.17, 15) is 9.59 Å². The summed E-state index contributed by atoms with van der Waals surface area (Å²) < 4.78 is 0.